The van der Waals surface area contributed by atoms with Crippen LogP contribution in [0.1, 0.15) is 31.9 Å². The van der Waals surface area contributed by atoms with Crippen LogP contribution < -0.4 is 0 Å². The Balaban J connectivity index is 0. The van der Waals surface area contributed by atoms with Crippen LogP contribution in [0.4, 0.5) is 0 Å². The second-order valence-corrected chi connectivity index (χ2v) is 7.01. The molecule has 5 nitrogen and oxygen atoms in total. The van der Waals surface area contributed by atoms with E-state index >= 15 is 0 Å². The average molecular weight is 439 g/mol. The summed E-state index contributed by atoms with van der Waals surface area (Å²) in [7, 11) is 0. The van der Waals surface area contributed by atoms with Crippen LogP contribution in [0.25, 0.3) is 27.7 Å². The third-order valence-electron chi connectivity index (χ3n) is 4.15. The monoisotopic (exact) mass is 439 g/mol. The van der Waals surface area contributed by atoms with Gasteiger partial charge >= 0.3 is 33.9 Å². The van der Waals surface area contributed by atoms with Crippen molar-refractivity contribution in [3.8, 4) is 11.3 Å². The van der Waals surface area contributed by atoms with E-state index in [0.717, 1.165) is 27.7 Å². The zero-order valence-electron chi connectivity index (χ0n) is 17.2. The first-order valence-corrected chi connectivity index (χ1v) is 8.47. The van der Waals surface area contributed by atoms with E-state index in [0.29, 0.717) is 5.57 Å². The van der Waals surface area contributed by atoms with Crippen LogP contribution in [-0.4, -0.2) is 10.9 Å². The largest absolute Gasteiger partial charge is 0 e. The number of nitrogens with one attached hydrogen (secondary N) is 1. The number of hydrogen-bond acceptors (Lipinski definition) is 1. The van der Waals surface area contributed by atoms with Gasteiger partial charge in [0.05, 0.1) is 11.3 Å². The number of hydrogen-bond donors (Lipinski definition) is 1. The number of benzene rings is 2. The van der Waals surface area contributed by atoms with Crippen molar-refractivity contribution in [2.75, 3.05) is 0 Å². The molecule has 0 atom stereocenters. The number of para-hydroxylation sites is 1. The minimum absolute atomic E-state index is 0. The van der Waals surface area contributed by atoms with Crippen molar-refractivity contribution in [2.45, 2.75) is 27.7 Å². The molecule has 0 saturated carbocycles. The summed E-state index contributed by atoms with van der Waals surface area (Å²) in [5.41, 5.74) is 5.71. The fourth-order valence-corrected chi connectivity index (χ4v) is 2.92. The van der Waals surface area contributed by atoms with E-state index in [1.165, 1.54) is 5.56 Å². The molecule has 0 radical (unpaired) electrons. The van der Waals surface area contributed by atoms with Crippen molar-refractivity contribution in [1.29, 1.82) is 0 Å². The molecule has 152 valence electrons. The maximum absolute atomic E-state index is 11.8. The van der Waals surface area contributed by atoms with E-state index in [-0.39, 0.29) is 22.8 Å². The molecule has 1 aromatic heterocycles. The van der Waals surface area contributed by atoms with Crippen molar-refractivity contribution < 1.29 is 36.1 Å². The molecule has 0 aliphatic carbocycles. The molecule has 1 N–H and O–H groups in total. The molecule has 1 heterocycles. The Labute approximate surface area is 187 Å². The van der Waals surface area contributed by atoms with Gasteiger partial charge in [-0.15, -0.1) is 0 Å². The van der Waals surface area contributed by atoms with E-state index in [4.69, 9.17) is 14.0 Å². The van der Waals surface area contributed by atoms with E-state index in [1.54, 1.807) is 0 Å². The summed E-state index contributed by atoms with van der Waals surface area (Å²) in [6.07, 6.45) is 0. The molecule has 6 heteroatoms. The Morgan fingerprint density at radius 1 is 0.900 bits per heavy atom. The number of aromatic nitrogens is 1. The molecule has 0 spiro atoms. The molecule has 30 heavy (non-hydrogen) atoms. The quantitative estimate of drug-likeness (QED) is 0.328. The summed E-state index contributed by atoms with van der Waals surface area (Å²) in [5.74, 6) is 2.20. The normalized spacial score (nSPS) is 9.00. The van der Waals surface area contributed by atoms with Gasteiger partial charge in [-0.05, 0) is 24.0 Å². The number of fused-ring (bicyclic) bond motifs is 1. The smallest absolute Gasteiger partial charge is 0 e. The summed E-state index contributed by atoms with van der Waals surface area (Å²) in [5, 5.41) is 1.07. The summed E-state index contributed by atoms with van der Waals surface area (Å²) < 4.78 is 22.5. The van der Waals surface area contributed by atoms with Crippen molar-refractivity contribution in [1.82, 2.24) is 4.98 Å². The Morgan fingerprint density at radius 2 is 1.40 bits per heavy atom. The van der Waals surface area contributed by atoms with Gasteiger partial charge in [0, 0.05) is 33.8 Å². The Bertz CT molecular complexity index is 1030. The van der Waals surface area contributed by atoms with Gasteiger partial charge in [0.2, 0.25) is 0 Å². The average Bonchev–Trinajstić information content (AvgIpc) is 3.12. The molecule has 0 unspecified atom stereocenters. The molecular weight excluding hydrogens is 418 g/mol. The Morgan fingerprint density at radius 3 is 1.87 bits per heavy atom. The van der Waals surface area contributed by atoms with Gasteiger partial charge < -0.3 is 4.98 Å². The maximum atomic E-state index is 11.8. The molecule has 0 fully saturated rings. The zero-order valence-corrected chi connectivity index (χ0v) is 18.4. The first kappa shape index (κ1) is 29.4. The molecule has 0 saturated heterocycles. The van der Waals surface area contributed by atoms with Crippen LogP contribution in [-0.2, 0) is 36.1 Å². The fraction of sp³-hybridized carbons (Fsp3) is 0.208. The van der Waals surface area contributed by atoms with Gasteiger partial charge in [0.1, 0.15) is 5.94 Å². The SMILES string of the molecule is Cc1ccc(-c2[nH]c3ccccc3c2C(=C=O)C(C)(C)C)cc1.[C-]#[O+].[C-]#[O+].[C-]#[O+].[Cr]. The molecule has 0 bridgehead atoms. The van der Waals surface area contributed by atoms with E-state index in [9.17, 15) is 4.79 Å². The molecular formula is C24H21CrNO4. The number of aromatic amines is 1. The predicted octanol–water partition coefficient (Wildman–Crippen LogP) is 5.29. The first-order chi connectivity index (χ1) is 13.9. The number of carbonyl (C=O) groups excluding carboxylic acids is 1. The summed E-state index contributed by atoms with van der Waals surface area (Å²) in [4.78, 5) is 15.2. The molecule has 3 aromatic rings. The van der Waals surface area contributed by atoms with Gasteiger partial charge in [0.25, 0.3) is 0 Å². The number of allylic oxidation sites excluding steroid dienone is 1. The van der Waals surface area contributed by atoms with Crippen LogP contribution in [0, 0.1) is 32.3 Å². The molecule has 2 aromatic carbocycles. The van der Waals surface area contributed by atoms with E-state index in [2.05, 4.69) is 68.1 Å². The van der Waals surface area contributed by atoms with Gasteiger partial charge in [-0.3, -0.25) is 0 Å². The molecule has 0 amide bonds. The van der Waals surface area contributed by atoms with Crippen LogP contribution in [0.3, 0.4) is 0 Å². The second kappa shape index (κ2) is 14.2. The van der Waals surface area contributed by atoms with Crippen LogP contribution >= 0.6 is 0 Å². The molecule has 0 aliphatic rings. The van der Waals surface area contributed by atoms with Crippen molar-refractivity contribution in [3.05, 3.63) is 79.6 Å². The third-order valence-corrected chi connectivity index (χ3v) is 4.15. The third kappa shape index (κ3) is 6.90. The minimum Gasteiger partial charge on any atom is 0 e. The van der Waals surface area contributed by atoms with Gasteiger partial charge in [-0.2, -0.15) is 0 Å². The number of H-pyrrole nitrogens is 1. The van der Waals surface area contributed by atoms with E-state index < -0.39 is 0 Å². The zero-order chi connectivity index (χ0) is 22.6. The van der Waals surface area contributed by atoms with Crippen molar-refractivity contribution in [3.63, 3.8) is 0 Å². The second-order valence-electron chi connectivity index (χ2n) is 7.01. The van der Waals surface area contributed by atoms with Gasteiger partial charge in [-0.1, -0.05) is 68.8 Å². The Kier molecular flexibility index (Phi) is 13.9. The molecule has 0 aliphatic heterocycles. The van der Waals surface area contributed by atoms with Crippen LogP contribution in [0.2, 0.25) is 0 Å². The number of rotatable bonds is 2. The van der Waals surface area contributed by atoms with E-state index in [1.807, 2.05) is 39.0 Å². The summed E-state index contributed by atoms with van der Waals surface area (Å²) in [6, 6.07) is 16.5. The summed E-state index contributed by atoms with van der Waals surface area (Å²) in [6.45, 7) is 21.7. The van der Waals surface area contributed by atoms with Crippen LogP contribution in [0.5, 0.6) is 0 Å². The maximum Gasteiger partial charge on any atom is 0 e. The van der Waals surface area contributed by atoms with Crippen LogP contribution in [0.15, 0.2) is 48.5 Å². The topological polar surface area (TPSA) is 92.6 Å². The predicted molar refractivity (Wildman–Crippen MR) is 109 cm³/mol. The Hall–Kier alpha value is -2.82. The minimum atomic E-state index is -0.272. The standard InChI is InChI=1S/C21H21NO.3CO.Cr/c1-14-9-11-15(12-10-14)20-19(17(13-23)21(2,3)4)16-7-5-6-8-18(16)22-20;3*1-2;/h5-12,22H,1-4H3;;;;. The first-order valence-electron chi connectivity index (χ1n) is 8.47. The van der Waals surface area contributed by atoms with Crippen molar-refractivity contribution in [2.24, 2.45) is 5.41 Å². The number of aryl methyl sites for hydroxylation is 1. The van der Waals surface area contributed by atoms with Gasteiger partial charge in [0.15, 0.2) is 0 Å². The fourth-order valence-electron chi connectivity index (χ4n) is 2.92. The van der Waals surface area contributed by atoms with Gasteiger partial charge in [-0.25, -0.2) is 4.79 Å². The van der Waals surface area contributed by atoms with Crippen molar-refractivity contribution >= 4 is 22.4 Å². The molecule has 3 rings (SSSR count). The summed E-state index contributed by atoms with van der Waals surface area (Å²) >= 11 is 0.